The van der Waals surface area contributed by atoms with Crippen LogP contribution in [0.15, 0.2) is 18.2 Å². The van der Waals surface area contributed by atoms with E-state index in [0.717, 1.165) is 0 Å². The van der Waals surface area contributed by atoms with Gasteiger partial charge in [-0.25, -0.2) is 0 Å². The van der Waals surface area contributed by atoms with Crippen LogP contribution in [0.4, 0.5) is 23.3 Å². The van der Waals surface area contributed by atoms with Crippen molar-refractivity contribution in [1.82, 2.24) is 9.97 Å². The number of nitrogens with zero attached hydrogens (tertiary/aromatic N) is 2. The molecule has 1 aromatic carbocycles. The third kappa shape index (κ3) is 3.06. The summed E-state index contributed by atoms with van der Waals surface area (Å²) in [5.41, 5.74) is 12.0. The predicted molar refractivity (Wildman–Crippen MR) is 91.9 cm³/mol. The first kappa shape index (κ1) is 16.3. The normalized spacial score (nSPS) is 16.2. The molecule has 1 atom stereocenters. The van der Waals surface area contributed by atoms with Crippen LogP contribution in [0.5, 0.6) is 0 Å². The van der Waals surface area contributed by atoms with Gasteiger partial charge in [-0.2, -0.15) is 9.97 Å². The molecule has 1 aliphatic heterocycles. The van der Waals surface area contributed by atoms with Gasteiger partial charge in [-0.3, -0.25) is 9.59 Å². The highest BCUT2D eigenvalue weighted by atomic mass is 35.5. The summed E-state index contributed by atoms with van der Waals surface area (Å²) in [6, 6.07) is 4.66. The number of halogens is 2. The summed E-state index contributed by atoms with van der Waals surface area (Å²) >= 11 is 11.9. The van der Waals surface area contributed by atoms with Crippen LogP contribution in [0, 0.1) is 0 Å². The van der Waals surface area contributed by atoms with Gasteiger partial charge in [0.15, 0.2) is 0 Å². The molecule has 0 bridgehead atoms. The van der Waals surface area contributed by atoms with Crippen molar-refractivity contribution in [1.29, 1.82) is 0 Å². The summed E-state index contributed by atoms with van der Waals surface area (Å²) in [5, 5.41) is 5.90. The standard InChI is InChI=1S/C14H12Cl2N6O2/c15-5-1-2-7(16)8(3-5)19-13(24)6-4-9(23)20-12-10(6)11(17)21-14(18)22-12/h1-3,6H,4H2,(H,19,24)(H5,17,18,20,21,22,23). The van der Waals surface area contributed by atoms with Gasteiger partial charge < -0.3 is 22.1 Å². The summed E-state index contributed by atoms with van der Waals surface area (Å²) in [6.45, 7) is 0. The number of nitrogen functional groups attached to an aromatic ring is 2. The van der Waals surface area contributed by atoms with Gasteiger partial charge in [-0.15, -0.1) is 0 Å². The lowest BCUT2D eigenvalue weighted by atomic mass is 9.92. The van der Waals surface area contributed by atoms with E-state index < -0.39 is 11.8 Å². The number of aromatic nitrogens is 2. The Bertz CT molecular complexity index is 857. The summed E-state index contributed by atoms with van der Waals surface area (Å²) in [5.74, 6) is -1.65. The Morgan fingerprint density at radius 1 is 1.29 bits per heavy atom. The van der Waals surface area contributed by atoms with Gasteiger partial charge in [0.1, 0.15) is 11.6 Å². The monoisotopic (exact) mass is 366 g/mol. The summed E-state index contributed by atoms with van der Waals surface area (Å²) in [6.07, 6.45) is -0.103. The highest BCUT2D eigenvalue weighted by Crippen LogP contribution is 2.36. The second-order valence-electron chi connectivity index (χ2n) is 5.15. The maximum Gasteiger partial charge on any atom is 0.232 e. The minimum Gasteiger partial charge on any atom is -0.383 e. The number of nitrogens with one attached hydrogen (secondary N) is 2. The van der Waals surface area contributed by atoms with Crippen molar-refractivity contribution in [3.8, 4) is 0 Å². The van der Waals surface area contributed by atoms with Crippen molar-refractivity contribution in [2.24, 2.45) is 0 Å². The molecule has 1 aliphatic rings. The van der Waals surface area contributed by atoms with E-state index in [4.69, 9.17) is 34.7 Å². The zero-order valence-corrected chi connectivity index (χ0v) is 13.6. The number of nitrogens with two attached hydrogens (primary N) is 2. The first-order valence-electron chi connectivity index (χ1n) is 6.84. The summed E-state index contributed by atoms with van der Waals surface area (Å²) in [7, 11) is 0. The van der Waals surface area contributed by atoms with Crippen LogP contribution in [-0.2, 0) is 9.59 Å². The molecule has 24 heavy (non-hydrogen) atoms. The van der Waals surface area contributed by atoms with E-state index in [-0.39, 0.29) is 29.9 Å². The van der Waals surface area contributed by atoms with Crippen LogP contribution in [0.2, 0.25) is 10.0 Å². The lowest BCUT2D eigenvalue weighted by Gasteiger charge is -2.25. The highest BCUT2D eigenvalue weighted by molar-refractivity contribution is 6.35. The number of carbonyl (C=O) groups excluding carboxylic acids is 2. The van der Waals surface area contributed by atoms with Crippen molar-refractivity contribution >= 4 is 58.3 Å². The molecule has 6 N–H and O–H groups in total. The van der Waals surface area contributed by atoms with Crippen LogP contribution in [0.3, 0.4) is 0 Å². The van der Waals surface area contributed by atoms with Crippen LogP contribution in [0.25, 0.3) is 0 Å². The number of carbonyl (C=O) groups is 2. The van der Waals surface area contributed by atoms with Gasteiger partial charge in [0, 0.05) is 11.4 Å². The van der Waals surface area contributed by atoms with E-state index >= 15 is 0 Å². The molecular weight excluding hydrogens is 355 g/mol. The third-order valence-electron chi connectivity index (χ3n) is 3.49. The first-order valence-corrected chi connectivity index (χ1v) is 7.59. The van der Waals surface area contributed by atoms with Crippen LogP contribution in [0.1, 0.15) is 17.9 Å². The van der Waals surface area contributed by atoms with E-state index in [1.807, 2.05) is 0 Å². The minimum atomic E-state index is -0.871. The Kier molecular flexibility index (Phi) is 4.16. The molecule has 8 nitrogen and oxygen atoms in total. The molecule has 10 heteroatoms. The first-order chi connectivity index (χ1) is 11.3. The second kappa shape index (κ2) is 6.14. The average Bonchev–Trinajstić information content (AvgIpc) is 2.49. The molecule has 124 valence electrons. The lowest BCUT2D eigenvalue weighted by molar-refractivity contribution is -0.123. The van der Waals surface area contributed by atoms with Crippen molar-refractivity contribution in [3.05, 3.63) is 33.8 Å². The Hall–Kier alpha value is -2.58. The molecule has 0 saturated heterocycles. The Labute approximate surface area is 146 Å². The molecule has 1 unspecified atom stereocenters. The van der Waals surface area contributed by atoms with Gasteiger partial charge in [-0.05, 0) is 18.2 Å². The van der Waals surface area contributed by atoms with E-state index in [1.165, 1.54) is 6.07 Å². The van der Waals surface area contributed by atoms with E-state index in [1.54, 1.807) is 12.1 Å². The minimum absolute atomic E-state index is 0.0369. The van der Waals surface area contributed by atoms with Crippen molar-refractivity contribution in [2.45, 2.75) is 12.3 Å². The number of amides is 2. The van der Waals surface area contributed by atoms with E-state index in [2.05, 4.69) is 20.6 Å². The average molecular weight is 367 g/mol. The number of hydrogen-bond donors (Lipinski definition) is 4. The highest BCUT2D eigenvalue weighted by Gasteiger charge is 2.34. The molecule has 2 heterocycles. The fourth-order valence-corrected chi connectivity index (χ4v) is 2.79. The van der Waals surface area contributed by atoms with Gasteiger partial charge in [0.05, 0.1) is 22.2 Å². The van der Waals surface area contributed by atoms with Gasteiger partial charge in [0.2, 0.25) is 17.8 Å². The second-order valence-corrected chi connectivity index (χ2v) is 5.99. The van der Waals surface area contributed by atoms with Gasteiger partial charge in [-0.1, -0.05) is 23.2 Å². The number of rotatable bonds is 2. The summed E-state index contributed by atoms with van der Waals surface area (Å²) in [4.78, 5) is 32.3. The van der Waals surface area contributed by atoms with Crippen molar-refractivity contribution < 1.29 is 9.59 Å². The third-order valence-corrected chi connectivity index (χ3v) is 4.06. The fourth-order valence-electron chi connectivity index (χ4n) is 2.45. The molecule has 0 spiro atoms. The molecule has 0 fully saturated rings. The number of fused-ring (bicyclic) bond motifs is 1. The molecule has 1 aromatic heterocycles. The topological polar surface area (TPSA) is 136 Å². The molecule has 0 aliphatic carbocycles. The fraction of sp³-hybridized carbons (Fsp3) is 0.143. The largest absolute Gasteiger partial charge is 0.383 e. The van der Waals surface area contributed by atoms with Crippen LogP contribution >= 0.6 is 23.2 Å². The number of hydrogen-bond acceptors (Lipinski definition) is 6. The zero-order chi connectivity index (χ0) is 17.4. The molecule has 2 amide bonds. The van der Waals surface area contributed by atoms with Gasteiger partial charge >= 0.3 is 0 Å². The smallest absolute Gasteiger partial charge is 0.232 e. The van der Waals surface area contributed by atoms with E-state index in [9.17, 15) is 9.59 Å². The Morgan fingerprint density at radius 2 is 2.04 bits per heavy atom. The van der Waals surface area contributed by atoms with Crippen molar-refractivity contribution in [2.75, 3.05) is 22.1 Å². The maximum absolute atomic E-state index is 12.6. The van der Waals surface area contributed by atoms with Gasteiger partial charge in [0.25, 0.3) is 0 Å². The maximum atomic E-state index is 12.6. The van der Waals surface area contributed by atoms with Crippen LogP contribution < -0.4 is 22.1 Å². The Balaban J connectivity index is 1.96. The van der Waals surface area contributed by atoms with E-state index in [0.29, 0.717) is 21.3 Å². The van der Waals surface area contributed by atoms with Crippen molar-refractivity contribution in [3.63, 3.8) is 0 Å². The molecule has 2 aromatic rings. The molecule has 3 rings (SSSR count). The molecule has 0 radical (unpaired) electrons. The quantitative estimate of drug-likeness (QED) is 0.641. The zero-order valence-electron chi connectivity index (χ0n) is 12.1. The van der Waals surface area contributed by atoms with Crippen LogP contribution in [-0.4, -0.2) is 21.8 Å². The summed E-state index contributed by atoms with van der Waals surface area (Å²) < 4.78 is 0. The number of benzene rings is 1. The Morgan fingerprint density at radius 3 is 2.79 bits per heavy atom. The molecular formula is C14H12Cl2N6O2. The molecule has 0 saturated carbocycles. The predicted octanol–water partition coefficient (Wildman–Crippen LogP) is 2.01. The number of anilines is 4. The SMILES string of the molecule is Nc1nc(N)c2c(n1)NC(=O)CC2C(=O)Nc1cc(Cl)ccc1Cl. The lowest BCUT2D eigenvalue weighted by Crippen LogP contribution is -2.32.